The topological polar surface area (TPSA) is 52.7 Å². The minimum atomic E-state index is -0.368. The lowest BCUT2D eigenvalue weighted by Gasteiger charge is -2.18. The maximum Gasteiger partial charge on any atom is 0.324 e. The molecule has 0 aromatic carbocycles. The van der Waals surface area contributed by atoms with Crippen molar-refractivity contribution in [2.24, 2.45) is 0 Å². The fourth-order valence-electron chi connectivity index (χ4n) is 1.20. The summed E-state index contributed by atoms with van der Waals surface area (Å²) >= 11 is 0. The molecule has 0 bridgehead atoms. The summed E-state index contributed by atoms with van der Waals surface area (Å²) in [7, 11) is 3.95. The lowest BCUT2D eigenvalue weighted by molar-refractivity contribution is -0.123. The summed E-state index contributed by atoms with van der Waals surface area (Å²) in [5, 5.41) is 2.70. The van der Waals surface area contributed by atoms with Gasteiger partial charge in [0.25, 0.3) is 5.91 Å². The van der Waals surface area contributed by atoms with Gasteiger partial charge in [-0.2, -0.15) is 0 Å². The van der Waals surface area contributed by atoms with Crippen LogP contribution in [0.5, 0.6) is 0 Å². The molecule has 1 N–H and O–H groups in total. The second kappa shape index (κ2) is 7.87. The number of carbonyl (C=O) groups excluding carboxylic acids is 2. The van der Waals surface area contributed by atoms with Crippen LogP contribution in [0.2, 0.25) is 0 Å². The van der Waals surface area contributed by atoms with Crippen LogP contribution in [0.1, 0.15) is 13.3 Å². The van der Waals surface area contributed by atoms with Gasteiger partial charge in [-0.15, -0.1) is 0 Å². The minimum Gasteiger partial charge on any atom is -0.338 e. The quantitative estimate of drug-likeness (QED) is 0.536. The summed E-state index contributed by atoms with van der Waals surface area (Å²) < 4.78 is 0. The zero-order valence-corrected chi connectivity index (χ0v) is 10.3. The molecule has 0 heterocycles. The van der Waals surface area contributed by atoms with Crippen molar-refractivity contribution in [3.63, 3.8) is 0 Å². The molecule has 0 aliphatic rings. The third-order valence-electron chi connectivity index (χ3n) is 2.06. The van der Waals surface area contributed by atoms with Crippen LogP contribution in [0.25, 0.3) is 0 Å². The third kappa shape index (κ3) is 5.50. The molecule has 92 valence electrons. The number of amides is 3. The molecule has 0 aromatic rings. The molecule has 16 heavy (non-hydrogen) atoms. The van der Waals surface area contributed by atoms with Crippen molar-refractivity contribution < 1.29 is 9.59 Å². The highest BCUT2D eigenvalue weighted by molar-refractivity contribution is 5.99. The van der Waals surface area contributed by atoms with Gasteiger partial charge in [0.1, 0.15) is 0 Å². The first-order chi connectivity index (χ1) is 7.52. The summed E-state index contributed by atoms with van der Waals surface area (Å²) in [6, 6.07) is -0.355. The van der Waals surface area contributed by atoms with Gasteiger partial charge in [0.2, 0.25) is 0 Å². The van der Waals surface area contributed by atoms with Gasteiger partial charge in [-0.1, -0.05) is 6.58 Å². The predicted octanol–water partition coefficient (Wildman–Crippen LogP) is 0.682. The number of urea groups is 1. The molecule has 0 unspecified atom stereocenters. The Hall–Kier alpha value is -1.36. The Balaban J connectivity index is 3.94. The zero-order valence-electron chi connectivity index (χ0n) is 10.3. The monoisotopic (exact) mass is 227 g/mol. The molecule has 0 spiro atoms. The number of nitrogens with one attached hydrogen (secondary N) is 1. The highest BCUT2D eigenvalue weighted by Crippen LogP contribution is 1.92. The molecule has 0 fully saturated rings. The summed E-state index contributed by atoms with van der Waals surface area (Å²) in [5.41, 5.74) is 0. The van der Waals surface area contributed by atoms with Gasteiger partial charge in [-0.05, 0) is 40.1 Å². The van der Waals surface area contributed by atoms with E-state index in [0.29, 0.717) is 13.1 Å². The Morgan fingerprint density at radius 3 is 2.44 bits per heavy atom. The van der Waals surface area contributed by atoms with Crippen LogP contribution >= 0.6 is 0 Å². The maximum absolute atomic E-state index is 11.6. The van der Waals surface area contributed by atoms with Gasteiger partial charge in [0, 0.05) is 13.1 Å². The van der Waals surface area contributed by atoms with E-state index in [9.17, 15) is 9.59 Å². The Morgan fingerprint density at radius 1 is 1.38 bits per heavy atom. The Bertz CT molecular complexity index is 252. The van der Waals surface area contributed by atoms with E-state index in [4.69, 9.17) is 0 Å². The molecule has 0 aromatic heterocycles. The van der Waals surface area contributed by atoms with Crippen LogP contribution in [0, 0.1) is 0 Å². The van der Waals surface area contributed by atoms with Gasteiger partial charge in [0.05, 0.1) is 0 Å². The van der Waals surface area contributed by atoms with Gasteiger partial charge < -0.3 is 10.2 Å². The summed E-state index contributed by atoms with van der Waals surface area (Å²) in [4.78, 5) is 26.0. The number of carbonyl (C=O) groups is 2. The molecule has 0 saturated carbocycles. The first-order valence-corrected chi connectivity index (χ1v) is 5.39. The van der Waals surface area contributed by atoms with Crippen LogP contribution in [-0.4, -0.2) is 55.5 Å². The summed E-state index contributed by atoms with van der Waals surface area (Å²) in [6.45, 7) is 6.93. The van der Waals surface area contributed by atoms with E-state index < -0.39 is 0 Å². The van der Waals surface area contributed by atoms with Gasteiger partial charge in [-0.25, -0.2) is 4.79 Å². The fraction of sp³-hybridized carbons (Fsp3) is 0.636. The average molecular weight is 227 g/mol. The van der Waals surface area contributed by atoms with Gasteiger partial charge in [0.15, 0.2) is 0 Å². The van der Waals surface area contributed by atoms with E-state index in [-0.39, 0.29) is 11.9 Å². The smallest absolute Gasteiger partial charge is 0.324 e. The average Bonchev–Trinajstić information content (AvgIpc) is 2.24. The van der Waals surface area contributed by atoms with Crippen molar-refractivity contribution in [3.8, 4) is 0 Å². The first-order valence-electron chi connectivity index (χ1n) is 5.39. The summed E-state index contributed by atoms with van der Waals surface area (Å²) in [5.74, 6) is -0.368. The van der Waals surface area contributed by atoms with E-state index in [2.05, 4.69) is 11.9 Å². The van der Waals surface area contributed by atoms with Gasteiger partial charge in [-0.3, -0.25) is 9.69 Å². The van der Waals surface area contributed by atoms with E-state index >= 15 is 0 Å². The normalized spacial score (nSPS) is 10.0. The number of rotatable bonds is 6. The van der Waals surface area contributed by atoms with Crippen molar-refractivity contribution in [1.82, 2.24) is 15.1 Å². The number of hydrogen-bond donors (Lipinski definition) is 1. The van der Waals surface area contributed by atoms with Gasteiger partial charge >= 0.3 is 6.03 Å². The Labute approximate surface area is 97.1 Å². The number of nitrogens with zero attached hydrogens (tertiary/aromatic N) is 2. The summed E-state index contributed by atoms with van der Waals surface area (Å²) in [6.07, 6.45) is 2.00. The molecular weight excluding hydrogens is 206 g/mol. The molecule has 5 nitrogen and oxygen atoms in total. The van der Waals surface area contributed by atoms with Crippen molar-refractivity contribution in [2.75, 3.05) is 33.7 Å². The Morgan fingerprint density at radius 2 is 2.00 bits per heavy atom. The lowest BCUT2D eigenvalue weighted by atomic mass is 10.4. The number of imide groups is 1. The fourth-order valence-corrected chi connectivity index (χ4v) is 1.20. The van der Waals surface area contributed by atoms with Crippen LogP contribution in [-0.2, 0) is 4.79 Å². The van der Waals surface area contributed by atoms with Crippen molar-refractivity contribution in [1.29, 1.82) is 0 Å². The van der Waals surface area contributed by atoms with Crippen molar-refractivity contribution >= 4 is 11.9 Å². The SMILES string of the molecule is C=CC(=O)N(CC)C(=O)NCCCN(C)C. The maximum atomic E-state index is 11.6. The van der Waals surface area contributed by atoms with E-state index in [1.807, 2.05) is 19.0 Å². The highest BCUT2D eigenvalue weighted by atomic mass is 16.2. The molecule has 0 saturated heterocycles. The first kappa shape index (κ1) is 14.6. The Kier molecular flexibility index (Phi) is 7.20. The molecule has 5 heteroatoms. The second-order valence-electron chi connectivity index (χ2n) is 3.68. The predicted molar refractivity (Wildman–Crippen MR) is 64.2 cm³/mol. The van der Waals surface area contributed by atoms with Crippen LogP contribution in [0.4, 0.5) is 4.79 Å². The third-order valence-corrected chi connectivity index (χ3v) is 2.06. The molecular formula is C11H21N3O2. The minimum absolute atomic E-state index is 0.352. The molecule has 3 amide bonds. The molecule has 0 aliphatic heterocycles. The standard InChI is InChI=1S/C11H21N3O2/c1-5-10(15)14(6-2)11(16)12-8-7-9-13(3)4/h5H,1,6-9H2,2-4H3,(H,12,16). The molecule has 0 atom stereocenters. The van der Waals surface area contributed by atoms with E-state index in [1.165, 1.54) is 0 Å². The molecule has 0 aliphatic carbocycles. The van der Waals surface area contributed by atoms with E-state index in [1.54, 1.807) is 6.92 Å². The molecule has 0 rings (SSSR count). The molecule has 0 radical (unpaired) electrons. The van der Waals surface area contributed by atoms with Crippen LogP contribution in [0.15, 0.2) is 12.7 Å². The number of hydrogen-bond acceptors (Lipinski definition) is 3. The highest BCUT2D eigenvalue weighted by Gasteiger charge is 2.15. The zero-order chi connectivity index (χ0) is 12.6. The van der Waals surface area contributed by atoms with E-state index in [0.717, 1.165) is 23.9 Å². The largest absolute Gasteiger partial charge is 0.338 e. The van der Waals surface area contributed by atoms with Crippen molar-refractivity contribution in [3.05, 3.63) is 12.7 Å². The second-order valence-corrected chi connectivity index (χ2v) is 3.68. The lowest BCUT2D eigenvalue weighted by Crippen LogP contribution is -2.43. The van der Waals surface area contributed by atoms with Crippen molar-refractivity contribution in [2.45, 2.75) is 13.3 Å². The van der Waals surface area contributed by atoms with Crippen LogP contribution < -0.4 is 5.32 Å². The van der Waals surface area contributed by atoms with Crippen LogP contribution in [0.3, 0.4) is 0 Å². The number of likely N-dealkylation sites (N-methyl/N-ethyl adjacent to an activating group) is 1.